The number of benzene rings is 2. The Kier molecular flexibility index (Phi) is 5.93. The van der Waals surface area contributed by atoms with Crippen LogP contribution in [0.3, 0.4) is 0 Å². The van der Waals surface area contributed by atoms with E-state index in [4.69, 9.17) is 11.6 Å². The van der Waals surface area contributed by atoms with Gasteiger partial charge in [-0.25, -0.2) is 4.39 Å². The molecule has 2 aromatic rings. The summed E-state index contributed by atoms with van der Waals surface area (Å²) in [5, 5.41) is 5.66. The molecule has 6 heteroatoms. The van der Waals surface area contributed by atoms with Gasteiger partial charge in [0.2, 0.25) is 0 Å². The molecule has 0 heterocycles. The van der Waals surface area contributed by atoms with Gasteiger partial charge in [-0.1, -0.05) is 30.7 Å². The van der Waals surface area contributed by atoms with E-state index in [2.05, 4.69) is 10.6 Å². The molecular weight excluding hydrogens is 331 g/mol. The third kappa shape index (κ3) is 4.32. The average molecular weight is 349 g/mol. The Balaban J connectivity index is 2.25. The first-order valence-electron chi connectivity index (χ1n) is 7.58. The van der Waals surface area contributed by atoms with E-state index >= 15 is 0 Å². The Morgan fingerprint density at radius 1 is 1.12 bits per heavy atom. The SMILES string of the molecule is CCC(C)NC(=O)c1ccccc1NC(=O)c1cc(Cl)ccc1F. The minimum Gasteiger partial charge on any atom is -0.350 e. The molecule has 0 saturated heterocycles. The summed E-state index contributed by atoms with van der Waals surface area (Å²) in [7, 11) is 0. The fraction of sp³-hybridized carbons (Fsp3) is 0.222. The zero-order valence-corrected chi connectivity index (χ0v) is 14.2. The Bertz CT molecular complexity index is 764. The monoisotopic (exact) mass is 348 g/mol. The third-order valence-electron chi connectivity index (χ3n) is 3.58. The smallest absolute Gasteiger partial charge is 0.258 e. The summed E-state index contributed by atoms with van der Waals surface area (Å²) in [6, 6.07) is 10.3. The van der Waals surface area contributed by atoms with Gasteiger partial charge in [0.05, 0.1) is 16.8 Å². The van der Waals surface area contributed by atoms with E-state index in [1.807, 2.05) is 13.8 Å². The average Bonchev–Trinajstić information content (AvgIpc) is 2.57. The van der Waals surface area contributed by atoms with Gasteiger partial charge in [-0.3, -0.25) is 9.59 Å². The van der Waals surface area contributed by atoms with E-state index in [1.54, 1.807) is 24.3 Å². The second-order valence-electron chi connectivity index (χ2n) is 5.41. The highest BCUT2D eigenvalue weighted by molar-refractivity contribution is 6.31. The van der Waals surface area contributed by atoms with Crippen LogP contribution in [0.25, 0.3) is 0 Å². The molecule has 4 nitrogen and oxygen atoms in total. The fourth-order valence-corrected chi connectivity index (χ4v) is 2.23. The Morgan fingerprint density at radius 3 is 2.54 bits per heavy atom. The van der Waals surface area contributed by atoms with Crippen LogP contribution >= 0.6 is 11.6 Å². The van der Waals surface area contributed by atoms with Gasteiger partial charge in [0.25, 0.3) is 11.8 Å². The number of hydrogen-bond donors (Lipinski definition) is 2. The van der Waals surface area contributed by atoms with Crippen LogP contribution < -0.4 is 10.6 Å². The van der Waals surface area contributed by atoms with Crippen LogP contribution in [-0.2, 0) is 0 Å². The molecule has 0 saturated carbocycles. The van der Waals surface area contributed by atoms with Crippen LogP contribution in [-0.4, -0.2) is 17.9 Å². The maximum Gasteiger partial charge on any atom is 0.258 e. The maximum atomic E-state index is 13.8. The molecule has 0 aliphatic carbocycles. The van der Waals surface area contributed by atoms with Crippen molar-refractivity contribution < 1.29 is 14.0 Å². The number of amides is 2. The molecule has 0 aromatic heterocycles. The van der Waals surface area contributed by atoms with Crippen LogP contribution in [0.4, 0.5) is 10.1 Å². The second-order valence-corrected chi connectivity index (χ2v) is 5.84. The zero-order valence-electron chi connectivity index (χ0n) is 13.4. The molecule has 2 N–H and O–H groups in total. The van der Waals surface area contributed by atoms with Gasteiger partial charge in [-0.2, -0.15) is 0 Å². The van der Waals surface area contributed by atoms with Crippen LogP contribution in [0.2, 0.25) is 5.02 Å². The van der Waals surface area contributed by atoms with Gasteiger partial charge < -0.3 is 10.6 Å². The molecule has 0 radical (unpaired) electrons. The van der Waals surface area contributed by atoms with Crippen molar-refractivity contribution in [3.8, 4) is 0 Å². The highest BCUT2D eigenvalue weighted by atomic mass is 35.5. The molecular formula is C18H18ClFN2O2. The van der Waals surface area contributed by atoms with Crippen LogP contribution in [0, 0.1) is 5.82 Å². The number of nitrogens with one attached hydrogen (secondary N) is 2. The predicted octanol–water partition coefficient (Wildman–Crippen LogP) is 4.26. The minimum atomic E-state index is -0.682. The van der Waals surface area contributed by atoms with E-state index in [9.17, 15) is 14.0 Å². The van der Waals surface area contributed by atoms with E-state index < -0.39 is 11.7 Å². The summed E-state index contributed by atoms with van der Waals surface area (Å²) >= 11 is 5.81. The van der Waals surface area contributed by atoms with Crippen molar-refractivity contribution in [3.63, 3.8) is 0 Å². The summed E-state index contributed by atoms with van der Waals surface area (Å²) in [6.07, 6.45) is 0.786. The highest BCUT2D eigenvalue weighted by Crippen LogP contribution is 2.19. The Labute approximate surface area is 145 Å². The number of anilines is 1. The van der Waals surface area contributed by atoms with Gasteiger partial charge >= 0.3 is 0 Å². The molecule has 0 spiro atoms. The third-order valence-corrected chi connectivity index (χ3v) is 3.82. The molecule has 0 aliphatic heterocycles. The number of carbonyl (C=O) groups is 2. The van der Waals surface area contributed by atoms with Gasteiger partial charge in [0.1, 0.15) is 5.82 Å². The van der Waals surface area contributed by atoms with Crippen molar-refractivity contribution in [2.45, 2.75) is 26.3 Å². The number of rotatable bonds is 5. The fourth-order valence-electron chi connectivity index (χ4n) is 2.05. The summed E-state index contributed by atoms with van der Waals surface area (Å²) < 4.78 is 13.8. The lowest BCUT2D eigenvalue weighted by atomic mass is 10.1. The normalized spacial score (nSPS) is 11.7. The number of para-hydroxylation sites is 1. The molecule has 0 bridgehead atoms. The molecule has 1 unspecified atom stereocenters. The predicted molar refractivity (Wildman–Crippen MR) is 93.0 cm³/mol. The largest absolute Gasteiger partial charge is 0.350 e. The van der Waals surface area contributed by atoms with Gasteiger partial charge in [-0.15, -0.1) is 0 Å². The van der Waals surface area contributed by atoms with Crippen molar-refractivity contribution in [1.82, 2.24) is 5.32 Å². The molecule has 2 rings (SSSR count). The second kappa shape index (κ2) is 7.93. The van der Waals surface area contributed by atoms with Gasteiger partial charge in [0, 0.05) is 11.1 Å². The molecule has 1 atom stereocenters. The zero-order chi connectivity index (χ0) is 17.7. The van der Waals surface area contributed by atoms with Crippen molar-refractivity contribution in [2.75, 3.05) is 5.32 Å². The molecule has 24 heavy (non-hydrogen) atoms. The lowest BCUT2D eigenvalue weighted by Crippen LogP contribution is -2.32. The maximum absolute atomic E-state index is 13.8. The van der Waals surface area contributed by atoms with E-state index in [-0.39, 0.29) is 22.5 Å². The minimum absolute atomic E-state index is 0.00614. The first-order chi connectivity index (χ1) is 11.4. The molecule has 0 aliphatic rings. The summed E-state index contributed by atoms with van der Waals surface area (Å²) in [6.45, 7) is 3.85. The number of carbonyl (C=O) groups excluding carboxylic acids is 2. The van der Waals surface area contributed by atoms with Crippen molar-refractivity contribution in [3.05, 3.63) is 64.4 Å². The quantitative estimate of drug-likeness (QED) is 0.848. The van der Waals surface area contributed by atoms with Crippen LogP contribution in [0.15, 0.2) is 42.5 Å². The standard InChI is InChI=1S/C18H18ClFN2O2/c1-3-11(2)21-17(23)13-6-4-5-7-16(13)22-18(24)14-10-12(19)8-9-15(14)20/h4-11H,3H2,1-2H3,(H,21,23)(H,22,24). The number of hydrogen-bond acceptors (Lipinski definition) is 2. The lowest BCUT2D eigenvalue weighted by molar-refractivity contribution is 0.0940. The van der Waals surface area contributed by atoms with Crippen LogP contribution in [0.1, 0.15) is 41.0 Å². The summed E-state index contributed by atoms with van der Waals surface area (Å²) in [5.74, 6) is -1.65. The van der Waals surface area contributed by atoms with E-state index in [0.29, 0.717) is 11.3 Å². The van der Waals surface area contributed by atoms with Crippen molar-refractivity contribution in [1.29, 1.82) is 0 Å². The van der Waals surface area contributed by atoms with E-state index in [0.717, 1.165) is 12.5 Å². The van der Waals surface area contributed by atoms with Gasteiger partial charge in [0.15, 0.2) is 0 Å². The molecule has 2 amide bonds. The van der Waals surface area contributed by atoms with Gasteiger partial charge in [-0.05, 0) is 43.7 Å². The number of halogens is 2. The van der Waals surface area contributed by atoms with E-state index in [1.165, 1.54) is 12.1 Å². The van der Waals surface area contributed by atoms with Crippen molar-refractivity contribution >= 4 is 29.1 Å². The van der Waals surface area contributed by atoms with Crippen LogP contribution in [0.5, 0.6) is 0 Å². The summed E-state index contributed by atoms with van der Waals surface area (Å²) in [5.41, 5.74) is 0.441. The first-order valence-corrected chi connectivity index (χ1v) is 7.96. The highest BCUT2D eigenvalue weighted by Gasteiger charge is 2.17. The van der Waals surface area contributed by atoms with Crippen molar-refractivity contribution in [2.24, 2.45) is 0 Å². The molecule has 0 fully saturated rings. The lowest BCUT2D eigenvalue weighted by Gasteiger charge is -2.15. The summed E-state index contributed by atoms with van der Waals surface area (Å²) in [4.78, 5) is 24.6. The first kappa shape index (κ1) is 17.9. The topological polar surface area (TPSA) is 58.2 Å². The molecule has 126 valence electrons. The molecule has 2 aromatic carbocycles. The Hall–Kier alpha value is -2.40. The Morgan fingerprint density at radius 2 is 1.83 bits per heavy atom.